The topological polar surface area (TPSA) is 55.8 Å². The van der Waals surface area contributed by atoms with E-state index in [0.29, 0.717) is 19.4 Å². The fraction of sp³-hybridized carbons (Fsp3) is 0.579. The van der Waals surface area contributed by atoms with Crippen molar-refractivity contribution in [1.82, 2.24) is 4.90 Å². The molecule has 1 aromatic rings. The Kier molecular flexibility index (Phi) is 4.28. The summed E-state index contributed by atoms with van der Waals surface area (Å²) >= 11 is 0. The van der Waals surface area contributed by atoms with Gasteiger partial charge in [-0.15, -0.1) is 0 Å². The van der Waals surface area contributed by atoms with Crippen LogP contribution in [-0.2, 0) is 14.3 Å². The molecule has 1 spiro atoms. The number of carbonyl (C=O) groups excluding carboxylic acids is 2. The zero-order valence-corrected chi connectivity index (χ0v) is 14.6. The van der Waals surface area contributed by atoms with Crippen LogP contribution in [0, 0.1) is 0 Å². The lowest BCUT2D eigenvalue weighted by atomic mass is 9.83. The molecule has 0 bridgehead atoms. The van der Waals surface area contributed by atoms with Crippen LogP contribution in [0.15, 0.2) is 30.3 Å². The van der Waals surface area contributed by atoms with Crippen molar-refractivity contribution in [2.75, 3.05) is 6.54 Å². The summed E-state index contributed by atoms with van der Waals surface area (Å²) in [5.41, 5.74) is -0.504. The van der Waals surface area contributed by atoms with E-state index in [2.05, 4.69) is 0 Å². The average molecular weight is 331 g/mol. The van der Waals surface area contributed by atoms with E-state index in [1.807, 2.05) is 51.1 Å². The minimum absolute atomic E-state index is 0.304. The molecule has 0 radical (unpaired) electrons. The Morgan fingerprint density at radius 3 is 2.62 bits per heavy atom. The summed E-state index contributed by atoms with van der Waals surface area (Å²) < 4.78 is 11.2. The maximum absolute atomic E-state index is 12.7. The first-order valence-electron chi connectivity index (χ1n) is 8.58. The van der Waals surface area contributed by atoms with Crippen molar-refractivity contribution in [3.05, 3.63) is 35.9 Å². The highest BCUT2D eigenvalue weighted by atomic mass is 16.6. The molecule has 2 aliphatic heterocycles. The van der Waals surface area contributed by atoms with Crippen molar-refractivity contribution in [3.63, 3.8) is 0 Å². The Hall–Kier alpha value is -2.04. The summed E-state index contributed by atoms with van der Waals surface area (Å²) in [6.07, 6.45) is 2.19. The highest BCUT2D eigenvalue weighted by molar-refractivity contribution is 5.88. The predicted molar refractivity (Wildman–Crippen MR) is 89.4 cm³/mol. The van der Waals surface area contributed by atoms with Crippen LogP contribution < -0.4 is 0 Å². The Bertz CT molecular complexity index is 622. The summed E-state index contributed by atoms with van der Waals surface area (Å²) in [4.78, 5) is 27.0. The number of hydrogen-bond acceptors (Lipinski definition) is 4. The molecule has 2 unspecified atom stereocenters. The van der Waals surface area contributed by atoms with E-state index in [0.717, 1.165) is 18.4 Å². The van der Waals surface area contributed by atoms with Gasteiger partial charge in [-0.2, -0.15) is 0 Å². The number of carbonyl (C=O) groups is 2. The molecule has 2 saturated heterocycles. The van der Waals surface area contributed by atoms with E-state index in [-0.39, 0.29) is 12.1 Å². The van der Waals surface area contributed by atoms with Gasteiger partial charge in [0.15, 0.2) is 0 Å². The zero-order valence-electron chi connectivity index (χ0n) is 14.6. The van der Waals surface area contributed by atoms with Gasteiger partial charge in [0.1, 0.15) is 17.2 Å². The molecule has 2 heterocycles. The lowest BCUT2D eigenvalue weighted by Crippen LogP contribution is -2.58. The summed E-state index contributed by atoms with van der Waals surface area (Å²) in [7, 11) is 0. The lowest BCUT2D eigenvalue weighted by Gasteiger charge is -2.41. The van der Waals surface area contributed by atoms with Crippen molar-refractivity contribution >= 4 is 12.1 Å². The van der Waals surface area contributed by atoms with Crippen LogP contribution in [0.1, 0.15) is 58.1 Å². The van der Waals surface area contributed by atoms with E-state index in [9.17, 15) is 9.59 Å². The monoisotopic (exact) mass is 331 g/mol. The standard InChI is InChI=1S/C19H25NO4/c1-18(2,3)24-17(22)20-12-8-7-11-19(20)13-15(23-16(19)21)14-9-5-4-6-10-14/h4-6,9-10,15H,7-8,11-13H2,1-3H3. The molecule has 0 saturated carbocycles. The summed E-state index contributed by atoms with van der Waals surface area (Å²) in [5, 5.41) is 0. The van der Waals surface area contributed by atoms with Gasteiger partial charge in [-0.05, 0) is 45.6 Å². The van der Waals surface area contributed by atoms with Crippen molar-refractivity contribution < 1.29 is 19.1 Å². The fourth-order valence-electron chi connectivity index (χ4n) is 3.57. The molecule has 24 heavy (non-hydrogen) atoms. The van der Waals surface area contributed by atoms with Gasteiger partial charge in [0.2, 0.25) is 0 Å². The van der Waals surface area contributed by atoms with E-state index in [1.165, 1.54) is 0 Å². The van der Waals surface area contributed by atoms with Gasteiger partial charge in [-0.3, -0.25) is 4.90 Å². The van der Waals surface area contributed by atoms with Crippen LogP contribution in [0.5, 0.6) is 0 Å². The van der Waals surface area contributed by atoms with E-state index in [1.54, 1.807) is 4.90 Å². The molecule has 0 aromatic heterocycles. The molecule has 2 atom stereocenters. The first-order valence-corrected chi connectivity index (χ1v) is 8.58. The third kappa shape index (κ3) is 3.12. The molecular weight excluding hydrogens is 306 g/mol. The zero-order chi connectivity index (χ0) is 17.4. The second kappa shape index (κ2) is 6.11. The molecular formula is C19H25NO4. The van der Waals surface area contributed by atoms with E-state index in [4.69, 9.17) is 9.47 Å². The number of benzene rings is 1. The molecule has 130 valence electrons. The number of piperidine rings is 1. The molecule has 0 N–H and O–H groups in total. The summed E-state index contributed by atoms with van der Waals surface area (Å²) in [6.45, 7) is 6.04. The molecule has 5 heteroatoms. The Morgan fingerprint density at radius 2 is 1.96 bits per heavy atom. The van der Waals surface area contributed by atoms with Gasteiger partial charge in [0.25, 0.3) is 0 Å². The molecule has 3 rings (SSSR count). The Morgan fingerprint density at radius 1 is 1.25 bits per heavy atom. The van der Waals surface area contributed by atoms with Gasteiger partial charge in [-0.25, -0.2) is 9.59 Å². The second-order valence-corrected chi connectivity index (χ2v) is 7.63. The maximum Gasteiger partial charge on any atom is 0.411 e. The normalized spacial score (nSPS) is 27.2. The Balaban J connectivity index is 1.86. The lowest BCUT2D eigenvalue weighted by molar-refractivity contribution is -0.152. The fourth-order valence-corrected chi connectivity index (χ4v) is 3.57. The number of nitrogens with zero attached hydrogens (tertiary/aromatic N) is 1. The molecule has 2 fully saturated rings. The smallest absolute Gasteiger partial charge is 0.411 e. The molecule has 2 aliphatic rings. The molecule has 1 amide bonds. The molecule has 1 aromatic carbocycles. The summed E-state index contributed by atoms with van der Waals surface area (Å²) in [6, 6.07) is 9.71. The molecule has 0 aliphatic carbocycles. The molecule has 5 nitrogen and oxygen atoms in total. The van der Waals surface area contributed by atoms with Gasteiger partial charge >= 0.3 is 12.1 Å². The number of hydrogen-bond donors (Lipinski definition) is 0. The van der Waals surface area contributed by atoms with E-state index >= 15 is 0 Å². The van der Waals surface area contributed by atoms with Crippen LogP contribution in [0.4, 0.5) is 4.79 Å². The number of rotatable bonds is 1. The maximum atomic E-state index is 12.7. The highest BCUT2D eigenvalue weighted by Gasteiger charge is 2.56. The number of ether oxygens (including phenoxy) is 2. The van der Waals surface area contributed by atoms with Crippen LogP contribution >= 0.6 is 0 Å². The van der Waals surface area contributed by atoms with Gasteiger partial charge in [0, 0.05) is 13.0 Å². The van der Waals surface area contributed by atoms with Gasteiger partial charge in [-0.1, -0.05) is 30.3 Å². The van der Waals surface area contributed by atoms with Crippen molar-refractivity contribution in [1.29, 1.82) is 0 Å². The SMILES string of the molecule is CC(C)(C)OC(=O)N1CCCCC12CC(c1ccccc1)OC2=O. The predicted octanol–water partition coefficient (Wildman–Crippen LogP) is 3.83. The second-order valence-electron chi connectivity index (χ2n) is 7.63. The Labute approximate surface area is 142 Å². The third-order valence-corrected chi connectivity index (χ3v) is 4.68. The number of amides is 1. The highest BCUT2D eigenvalue weighted by Crippen LogP contribution is 2.45. The number of cyclic esters (lactones) is 1. The largest absolute Gasteiger partial charge is 0.456 e. The number of esters is 1. The first kappa shape index (κ1) is 16.8. The van der Waals surface area contributed by atoms with Gasteiger partial charge in [0.05, 0.1) is 0 Å². The van der Waals surface area contributed by atoms with Gasteiger partial charge < -0.3 is 9.47 Å². The van der Waals surface area contributed by atoms with E-state index < -0.39 is 17.2 Å². The average Bonchev–Trinajstić information content (AvgIpc) is 2.84. The van der Waals surface area contributed by atoms with Crippen LogP contribution in [0.2, 0.25) is 0 Å². The number of likely N-dealkylation sites (tertiary alicyclic amines) is 1. The van der Waals surface area contributed by atoms with Crippen molar-refractivity contribution in [2.24, 2.45) is 0 Å². The third-order valence-electron chi connectivity index (χ3n) is 4.68. The minimum atomic E-state index is -0.888. The van der Waals surface area contributed by atoms with Crippen molar-refractivity contribution in [3.8, 4) is 0 Å². The van der Waals surface area contributed by atoms with Crippen LogP contribution in [-0.4, -0.2) is 34.6 Å². The quantitative estimate of drug-likeness (QED) is 0.734. The minimum Gasteiger partial charge on any atom is -0.456 e. The van der Waals surface area contributed by atoms with Crippen molar-refractivity contribution in [2.45, 2.75) is 63.7 Å². The van der Waals surface area contributed by atoms with Crippen LogP contribution in [0.3, 0.4) is 0 Å². The van der Waals surface area contributed by atoms with Crippen LogP contribution in [0.25, 0.3) is 0 Å². The first-order chi connectivity index (χ1) is 11.3. The summed E-state index contributed by atoms with van der Waals surface area (Å²) in [5.74, 6) is -0.304.